The first kappa shape index (κ1) is 16.0. The van der Waals surface area contributed by atoms with Crippen LogP contribution in [0.3, 0.4) is 0 Å². The summed E-state index contributed by atoms with van der Waals surface area (Å²) in [6.45, 7) is 2.82. The largest absolute Gasteiger partial charge is 0.352 e. The first-order valence-corrected chi connectivity index (χ1v) is 7.70. The van der Waals surface area contributed by atoms with Gasteiger partial charge in [0.1, 0.15) is 0 Å². The molecule has 22 heavy (non-hydrogen) atoms. The highest BCUT2D eigenvalue weighted by Crippen LogP contribution is 2.11. The molecule has 0 saturated heterocycles. The maximum absolute atomic E-state index is 12.3. The second-order valence-electron chi connectivity index (χ2n) is 5.24. The Balaban J connectivity index is 1.98. The summed E-state index contributed by atoms with van der Waals surface area (Å²) in [4.78, 5) is 24.2. The molecular weight excluding hydrogens is 274 g/mol. The summed E-state index contributed by atoms with van der Waals surface area (Å²) in [6, 6.07) is 15.9. The Bertz CT molecular complexity index is 618. The van der Waals surface area contributed by atoms with E-state index < -0.39 is 0 Å². The van der Waals surface area contributed by atoms with Gasteiger partial charge in [0.25, 0.3) is 5.91 Å². The summed E-state index contributed by atoms with van der Waals surface area (Å²) in [5, 5.41) is 2.89. The van der Waals surface area contributed by atoms with Crippen molar-refractivity contribution in [2.24, 2.45) is 0 Å². The van der Waals surface area contributed by atoms with Crippen molar-refractivity contribution in [2.45, 2.75) is 26.2 Å². The lowest BCUT2D eigenvalue weighted by Crippen LogP contribution is -2.24. The molecule has 3 nitrogen and oxygen atoms in total. The number of unbranched alkanes of at least 4 members (excludes halogenated alkanes) is 2. The van der Waals surface area contributed by atoms with Gasteiger partial charge in [-0.2, -0.15) is 0 Å². The predicted molar refractivity (Wildman–Crippen MR) is 88.2 cm³/mol. The SMILES string of the molecule is CCCCCNC(=O)c1ccc(C(=O)c2ccccc2)cc1. The van der Waals surface area contributed by atoms with Gasteiger partial charge in [-0.05, 0) is 18.6 Å². The van der Waals surface area contributed by atoms with Crippen LogP contribution in [0.15, 0.2) is 54.6 Å². The summed E-state index contributed by atoms with van der Waals surface area (Å²) in [5.74, 6) is -0.120. The summed E-state index contributed by atoms with van der Waals surface area (Å²) in [7, 11) is 0. The van der Waals surface area contributed by atoms with E-state index in [4.69, 9.17) is 0 Å². The molecule has 1 amide bonds. The molecule has 0 radical (unpaired) electrons. The molecule has 0 aliphatic heterocycles. The van der Waals surface area contributed by atoms with Gasteiger partial charge in [-0.1, -0.05) is 62.2 Å². The number of amides is 1. The first-order chi connectivity index (χ1) is 10.7. The molecule has 3 heteroatoms. The molecule has 0 fully saturated rings. The van der Waals surface area contributed by atoms with Crippen molar-refractivity contribution >= 4 is 11.7 Å². The molecule has 0 unspecified atom stereocenters. The fourth-order valence-electron chi connectivity index (χ4n) is 2.21. The second kappa shape index (κ2) is 8.13. The van der Waals surface area contributed by atoms with Crippen LogP contribution in [0.4, 0.5) is 0 Å². The Labute approximate surface area is 131 Å². The molecule has 0 saturated carbocycles. The Hall–Kier alpha value is -2.42. The number of hydrogen-bond donors (Lipinski definition) is 1. The lowest BCUT2D eigenvalue weighted by Gasteiger charge is -2.06. The van der Waals surface area contributed by atoms with E-state index in [1.165, 1.54) is 0 Å². The van der Waals surface area contributed by atoms with Crippen LogP contribution >= 0.6 is 0 Å². The molecule has 0 aliphatic rings. The van der Waals surface area contributed by atoms with Crippen molar-refractivity contribution in [1.82, 2.24) is 5.32 Å². The van der Waals surface area contributed by atoms with E-state index in [2.05, 4.69) is 12.2 Å². The van der Waals surface area contributed by atoms with E-state index >= 15 is 0 Å². The summed E-state index contributed by atoms with van der Waals surface area (Å²) in [5.41, 5.74) is 1.83. The Morgan fingerprint density at radius 3 is 2.05 bits per heavy atom. The number of hydrogen-bond acceptors (Lipinski definition) is 2. The lowest BCUT2D eigenvalue weighted by molar-refractivity contribution is 0.0951. The van der Waals surface area contributed by atoms with Crippen LogP contribution in [0.2, 0.25) is 0 Å². The van der Waals surface area contributed by atoms with Gasteiger partial charge in [0.05, 0.1) is 0 Å². The molecule has 2 rings (SSSR count). The molecule has 0 aliphatic carbocycles. The van der Waals surface area contributed by atoms with E-state index in [-0.39, 0.29) is 11.7 Å². The van der Waals surface area contributed by atoms with Crippen LogP contribution in [-0.2, 0) is 0 Å². The van der Waals surface area contributed by atoms with Crippen LogP contribution < -0.4 is 5.32 Å². The molecule has 114 valence electrons. The van der Waals surface area contributed by atoms with Crippen LogP contribution in [0.5, 0.6) is 0 Å². The zero-order valence-electron chi connectivity index (χ0n) is 12.8. The molecule has 0 atom stereocenters. The Kier molecular flexibility index (Phi) is 5.90. The van der Waals surface area contributed by atoms with E-state index in [0.717, 1.165) is 19.3 Å². The Morgan fingerprint density at radius 2 is 1.41 bits per heavy atom. The summed E-state index contributed by atoms with van der Waals surface area (Å²) in [6.07, 6.45) is 3.24. The topological polar surface area (TPSA) is 46.2 Å². The van der Waals surface area contributed by atoms with Gasteiger partial charge in [0, 0.05) is 23.2 Å². The zero-order chi connectivity index (χ0) is 15.8. The molecule has 2 aromatic carbocycles. The lowest BCUT2D eigenvalue weighted by atomic mass is 10.0. The molecular formula is C19H21NO2. The van der Waals surface area contributed by atoms with E-state index in [1.54, 1.807) is 36.4 Å². The van der Waals surface area contributed by atoms with Crippen molar-refractivity contribution in [2.75, 3.05) is 6.54 Å². The van der Waals surface area contributed by atoms with Gasteiger partial charge < -0.3 is 5.32 Å². The second-order valence-corrected chi connectivity index (χ2v) is 5.24. The third-order valence-corrected chi connectivity index (χ3v) is 3.51. The normalized spacial score (nSPS) is 10.2. The summed E-state index contributed by atoms with van der Waals surface area (Å²) < 4.78 is 0. The van der Waals surface area contributed by atoms with Crippen molar-refractivity contribution in [1.29, 1.82) is 0 Å². The smallest absolute Gasteiger partial charge is 0.251 e. The number of nitrogens with one attached hydrogen (secondary N) is 1. The zero-order valence-corrected chi connectivity index (χ0v) is 12.8. The standard InChI is InChI=1S/C19H21NO2/c1-2-3-7-14-20-19(22)17-12-10-16(11-13-17)18(21)15-8-5-4-6-9-15/h4-6,8-13H,2-3,7,14H2,1H3,(H,20,22). The minimum atomic E-state index is -0.0881. The van der Waals surface area contributed by atoms with Crippen LogP contribution in [0, 0.1) is 0 Å². The number of benzene rings is 2. The van der Waals surface area contributed by atoms with Gasteiger partial charge in [-0.25, -0.2) is 0 Å². The molecule has 0 spiro atoms. The van der Waals surface area contributed by atoms with Crippen molar-refractivity contribution in [3.8, 4) is 0 Å². The van der Waals surface area contributed by atoms with E-state index in [1.807, 2.05) is 18.2 Å². The molecule has 0 aromatic heterocycles. The minimum absolute atomic E-state index is 0.0319. The number of ketones is 1. The highest BCUT2D eigenvalue weighted by Gasteiger charge is 2.10. The summed E-state index contributed by atoms with van der Waals surface area (Å²) >= 11 is 0. The van der Waals surface area contributed by atoms with Crippen LogP contribution in [-0.4, -0.2) is 18.2 Å². The van der Waals surface area contributed by atoms with Gasteiger partial charge in [0.2, 0.25) is 0 Å². The van der Waals surface area contributed by atoms with Gasteiger partial charge >= 0.3 is 0 Å². The average Bonchev–Trinajstić information content (AvgIpc) is 2.59. The highest BCUT2D eigenvalue weighted by molar-refractivity contribution is 6.09. The number of carbonyl (C=O) groups is 2. The fourth-order valence-corrected chi connectivity index (χ4v) is 2.21. The molecule has 0 heterocycles. The quantitative estimate of drug-likeness (QED) is 0.623. The average molecular weight is 295 g/mol. The first-order valence-electron chi connectivity index (χ1n) is 7.70. The van der Waals surface area contributed by atoms with Gasteiger partial charge in [0.15, 0.2) is 5.78 Å². The minimum Gasteiger partial charge on any atom is -0.352 e. The number of rotatable bonds is 7. The highest BCUT2D eigenvalue weighted by atomic mass is 16.1. The molecule has 1 N–H and O–H groups in total. The molecule has 2 aromatic rings. The third-order valence-electron chi connectivity index (χ3n) is 3.51. The van der Waals surface area contributed by atoms with Gasteiger partial charge in [-0.15, -0.1) is 0 Å². The van der Waals surface area contributed by atoms with Crippen molar-refractivity contribution in [3.05, 3.63) is 71.3 Å². The van der Waals surface area contributed by atoms with E-state index in [0.29, 0.717) is 23.2 Å². The van der Waals surface area contributed by atoms with Crippen LogP contribution in [0.1, 0.15) is 52.5 Å². The monoisotopic (exact) mass is 295 g/mol. The van der Waals surface area contributed by atoms with E-state index in [9.17, 15) is 9.59 Å². The van der Waals surface area contributed by atoms with Crippen molar-refractivity contribution < 1.29 is 9.59 Å². The predicted octanol–water partition coefficient (Wildman–Crippen LogP) is 3.84. The van der Waals surface area contributed by atoms with Crippen molar-refractivity contribution in [3.63, 3.8) is 0 Å². The number of carbonyl (C=O) groups excluding carboxylic acids is 2. The fraction of sp³-hybridized carbons (Fsp3) is 0.263. The Morgan fingerprint density at radius 1 is 0.818 bits per heavy atom. The van der Waals surface area contributed by atoms with Gasteiger partial charge in [-0.3, -0.25) is 9.59 Å². The van der Waals surface area contributed by atoms with Crippen LogP contribution in [0.25, 0.3) is 0 Å². The maximum atomic E-state index is 12.3. The molecule has 0 bridgehead atoms. The maximum Gasteiger partial charge on any atom is 0.251 e. The third kappa shape index (κ3) is 4.29.